The average Bonchev–Trinajstić information content (AvgIpc) is 2.86. The third-order valence-corrected chi connectivity index (χ3v) is 9.74. The van der Waals surface area contributed by atoms with Crippen LogP contribution in [0.5, 0.6) is 0 Å². The molecule has 4 aromatic rings. The maximum Gasteiger partial charge on any atom is 0.206 e. The smallest absolute Gasteiger partial charge is 0.206 e. The Hall–Kier alpha value is -3.26. The minimum absolute atomic E-state index is 0.0547. The predicted octanol–water partition coefficient (Wildman–Crippen LogP) is 4.47. The van der Waals surface area contributed by atoms with Gasteiger partial charge in [0.05, 0.1) is 0 Å². The first-order valence-corrected chi connectivity index (χ1v) is 12.9. The summed E-state index contributed by atoms with van der Waals surface area (Å²) in [6, 6.07) is 43.4. The quantitative estimate of drug-likeness (QED) is 0.386. The van der Waals surface area contributed by atoms with Crippen LogP contribution in [-0.4, -0.2) is 12.6 Å². The molecule has 0 saturated heterocycles. The Morgan fingerprint density at radius 3 is 1.30 bits per heavy atom. The third-order valence-electron chi connectivity index (χ3n) is 5.25. The van der Waals surface area contributed by atoms with Gasteiger partial charge in [-0.25, -0.2) is 0 Å². The van der Waals surface area contributed by atoms with Gasteiger partial charge in [0.2, 0.25) is 5.85 Å². The Labute approximate surface area is 197 Å². The molecule has 0 bridgehead atoms. The molecule has 0 spiro atoms. The highest BCUT2D eigenvalue weighted by molar-refractivity contribution is 7.95. The molecule has 4 aromatic carbocycles. The highest BCUT2D eigenvalue weighted by Gasteiger charge is 2.54. The zero-order chi connectivity index (χ0) is 23.5. The summed E-state index contributed by atoms with van der Waals surface area (Å²) in [5, 5.41) is 12.9. The number of hydrogen-bond donors (Lipinski definition) is 0. The lowest BCUT2D eigenvalue weighted by Crippen LogP contribution is -2.36. The summed E-state index contributed by atoms with van der Waals surface area (Å²) in [7, 11) is -2.12. The van der Waals surface area contributed by atoms with E-state index in [1.165, 1.54) is 21.5 Å². The van der Waals surface area contributed by atoms with E-state index in [0.717, 1.165) is 6.92 Å². The molecule has 168 valence electrons. The molecule has 0 aliphatic rings. The van der Waals surface area contributed by atoms with Crippen LogP contribution >= 0.6 is 7.26 Å². The van der Waals surface area contributed by atoms with E-state index in [0.29, 0.717) is 6.61 Å². The van der Waals surface area contributed by atoms with E-state index in [1.807, 2.05) is 0 Å². The van der Waals surface area contributed by atoms with Gasteiger partial charge in [-0.1, -0.05) is 84.9 Å². The van der Waals surface area contributed by atoms with Crippen molar-refractivity contribution >= 4 is 29.1 Å². The predicted molar refractivity (Wildman–Crippen MR) is 137 cm³/mol. The van der Waals surface area contributed by atoms with Crippen LogP contribution in [0.2, 0.25) is 0 Å². The number of carboxylic acids is 1. The molecule has 33 heavy (non-hydrogen) atoms. The van der Waals surface area contributed by atoms with Crippen molar-refractivity contribution < 1.29 is 14.6 Å². The zero-order valence-corrected chi connectivity index (χ0v) is 19.9. The second-order valence-corrected chi connectivity index (χ2v) is 10.9. The van der Waals surface area contributed by atoms with Gasteiger partial charge in [-0.15, -0.1) is 0 Å². The number of aliphatic carboxylic acids is 1. The zero-order valence-electron chi connectivity index (χ0n) is 19.0. The molecule has 0 saturated carbocycles. The Balaban J connectivity index is 0.000000709. The number of ether oxygens (including phenoxy) is 1. The fourth-order valence-electron chi connectivity index (χ4n) is 4.05. The van der Waals surface area contributed by atoms with Crippen LogP contribution in [0.1, 0.15) is 25.3 Å². The van der Waals surface area contributed by atoms with E-state index in [-0.39, 0.29) is 5.85 Å². The van der Waals surface area contributed by atoms with Crippen LogP contribution in [0.25, 0.3) is 0 Å². The summed E-state index contributed by atoms with van der Waals surface area (Å²) in [5.41, 5.74) is 1.22. The standard InChI is InChI=1S/C27H26OP.C2H4O2/c1-2-28-27(23-15-7-3-8-16-23)29(24-17-9-4-10-18-24,25-19-11-5-12-20-25)26-21-13-6-14-22-26;1-2(3)4/h3-22,27H,2H2,1H3;1H3,(H,3,4)/q+1;/p-1. The minimum Gasteiger partial charge on any atom is -0.550 e. The summed E-state index contributed by atoms with van der Waals surface area (Å²) in [5.74, 6) is -1.14. The summed E-state index contributed by atoms with van der Waals surface area (Å²) in [6.45, 7) is 3.72. The van der Waals surface area contributed by atoms with Crippen LogP contribution in [0.3, 0.4) is 0 Å². The highest BCUT2D eigenvalue weighted by Crippen LogP contribution is 2.67. The van der Waals surface area contributed by atoms with Crippen molar-refractivity contribution in [1.82, 2.24) is 0 Å². The fourth-order valence-corrected chi connectivity index (χ4v) is 8.68. The van der Waals surface area contributed by atoms with E-state index >= 15 is 0 Å². The summed E-state index contributed by atoms with van der Waals surface area (Å²) in [6.07, 6.45) is 0. The van der Waals surface area contributed by atoms with Crippen LogP contribution in [0, 0.1) is 0 Å². The number of hydrogen-bond acceptors (Lipinski definition) is 3. The number of carboxylic acid groups (broad SMARTS) is 1. The van der Waals surface area contributed by atoms with Gasteiger partial charge in [-0.3, -0.25) is 0 Å². The van der Waals surface area contributed by atoms with Gasteiger partial charge < -0.3 is 14.6 Å². The molecule has 0 aromatic heterocycles. The number of carbonyl (C=O) groups excluding carboxylic acids is 1. The van der Waals surface area contributed by atoms with Crippen LogP contribution < -0.4 is 21.0 Å². The van der Waals surface area contributed by atoms with Gasteiger partial charge in [0.25, 0.3) is 0 Å². The van der Waals surface area contributed by atoms with Crippen molar-refractivity contribution in [3.8, 4) is 0 Å². The average molecular weight is 457 g/mol. The number of rotatable bonds is 7. The van der Waals surface area contributed by atoms with Crippen molar-refractivity contribution in [1.29, 1.82) is 0 Å². The molecule has 0 heterocycles. The lowest BCUT2D eigenvalue weighted by molar-refractivity contribution is -0.302. The molecule has 0 N–H and O–H groups in total. The lowest BCUT2D eigenvalue weighted by Gasteiger charge is -2.34. The third kappa shape index (κ3) is 5.76. The maximum absolute atomic E-state index is 8.89. The molecular formula is C29H29O3P. The van der Waals surface area contributed by atoms with Crippen molar-refractivity contribution in [3.05, 3.63) is 127 Å². The van der Waals surface area contributed by atoms with Crippen molar-refractivity contribution in [3.63, 3.8) is 0 Å². The molecule has 4 heteroatoms. The Morgan fingerprint density at radius 2 is 1.00 bits per heavy atom. The molecule has 0 aliphatic carbocycles. The topological polar surface area (TPSA) is 49.4 Å². The molecule has 3 nitrogen and oxygen atoms in total. The Kier molecular flexibility index (Phi) is 8.95. The highest BCUT2D eigenvalue weighted by atomic mass is 31.2. The molecule has 0 radical (unpaired) electrons. The molecule has 4 rings (SSSR count). The van der Waals surface area contributed by atoms with E-state index < -0.39 is 13.2 Å². The van der Waals surface area contributed by atoms with E-state index in [2.05, 4.69) is 128 Å². The van der Waals surface area contributed by atoms with Crippen LogP contribution in [-0.2, 0) is 9.53 Å². The fraction of sp³-hybridized carbons (Fsp3) is 0.138. The van der Waals surface area contributed by atoms with Crippen molar-refractivity contribution in [2.75, 3.05) is 6.61 Å². The van der Waals surface area contributed by atoms with Crippen LogP contribution in [0.4, 0.5) is 0 Å². The van der Waals surface area contributed by atoms with E-state index in [9.17, 15) is 0 Å². The maximum atomic E-state index is 8.89. The normalized spacial score (nSPS) is 11.7. The Bertz CT molecular complexity index is 1000. The lowest BCUT2D eigenvalue weighted by atomic mass is 10.2. The first-order chi connectivity index (χ1) is 16.1. The molecule has 1 atom stereocenters. The van der Waals surface area contributed by atoms with Gasteiger partial charge in [-0.2, -0.15) is 0 Å². The van der Waals surface area contributed by atoms with Gasteiger partial charge in [-0.05, 0) is 50.2 Å². The van der Waals surface area contributed by atoms with E-state index in [1.54, 1.807) is 0 Å². The molecule has 1 unspecified atom stereocenters. The molecule has 0 amide bonds. The van der Waals surface area contributed by atoms with Crippen molar-refractivity contribution in [2.24, 2.45) is 0 Å². The summed E-state index contributed by atoms with van der Waals surface area (Å²) >= 11 is 0. The van der Waals surface area contributed by atoms with E-state index in [4.69, 9.17) is 14.6 Å². The first kappa shape index (κ1) is 24.4. The van der Waals surface area contributed by atoms with Gasteiger partial charge >= 0.3 is 0 Å². The minimum atomic E-state index is -2.12. The molecule has 0 fully saturated rings. The SMILES string of the molecule is CC(=O)[O-].CCOC(c1ccccc1)[P+](c1ccccc1)(c1ccccc1)c1ccccc1. The first-order valence-electron chi connectivity index (χ1n) is 11.0. The van der Waals surface area contributed by atoms with Crippen LogP contribution in [0.15, 0.2) is 121 Å². The summed E-state index contributed by atoms with van der Waals surface area (Å²) in [4.78, 5) is 8.89. The second kappa shape index (κ2) is 12.1. The summed E-state index contributed by atoms with van der Waals surface area (Å²) < 4.78 is 6.61. The molecular weight excluding hydrogens is 427 g/mol. The largest absolute Gasteiger partial charge is 0.550 e. The second-order valence-electron chi connectivity index (χ2n) is 7.44. The molecule has 0 aliphatic heterocycles. The Morgan fingerprint density at radius 1 is 0.697 bits per heavy atom. The monoisotopic (exact) mass is 456 g/mol. The van der Waals surface area contributed by atoms with Gasteiger partial charge in [0.15, 0.2) is 0 Å². The van der Waals surface area contributed by atoms with Crippen molar-refractivity contribution in [2.45, 2.75) is 19.7 Å². The number of benzene rings is 4. The number of carbonyl (C=O) groups is 1. The van der Waals surface area contributed by atoms with Gasteiger partial charge in [0.1, 0.15) is 23.2 Å². The van der Waals surface area contributed by atoms with Gasteiger partial charge in [0, 0.05) is 18.1 Å².